The van der Waals surface area contributed by atoms with Gasteiger partial charge in [-0.2, -0.15) is 0 Å². The number of hydrogen-bond acceptors (Lipinski definition) is 3. The minimum absolute atomic E-state index is 0.303. The second-order valence-electron chi connectivity index (χ2n) is 6.01. The van der Waals surface area contributed by atoms with Crippen LogP contribution in [0.5, 0.6) is 0 Å². The molecule has 18 heavy (non-hydrogen) atoms. The molecular weight excluding hydrogens is 224 g/mol. The van der Waals surface area contributed by atoms with Gasteiger partial charge in [-0.15, -0.1) is 0 Å². The van der Waals surface area contributed by atoms with Crippen molar-refractivity contribution >= 4 is 0 Å². The highest BCUT2D eigenvalue weighted by Crippen LogP contribution is 2.22. The maximum absolute atomic E-state index is 6.00. The summed E-state index contributed by atoms with van der Waals surface area (Å²) >= 11 is 0. The molecule has 2 unspecified atom stereocenters. The van der Waals surface area contributed by atoms with E-state index in [0.717, 1.165) is 18.9 Å². The number of ether oxygens (including phenoxy) is 1. The summed E-state index contributed by atoms with van der Waals surface area (Å²) in [7, 11) is 0. The Morgan fingerprint density at radius 1 is 1.17 bits per heavy atom. The van der Waals surface area contributed by atoms with Crippen LogP contribution < -0.4 is 5.73 Å². The summed E-state index contributed by atoms with van der Waals surface area (Å²) in [6, 6.07) is 0.702. The van der Waals surface area contributed by atoms with Crippen molar-refractivity contribution in [2.24, 2.45) is 11.7 Å². The predicted molar refractivity (Wildman–Crippen MR) is 77.7 cm³/mol. The summed E-state index contributed by atoms with van der Waals surface area (Å²) in [5, 5.41) is 0. The summed E-state index contributed by atoms with van der Waals surface area (Å²) in [4.78, 5) is 2.63. The molecule has 3 nitrogen and oxygen atoms in total. The lowest BCUT2D eigenvalue weighted by Gasteiger charge is -2.33. The van der Waals surface area contributed by atoms with Crippen LogP contribution in [0.25, 0.3) is 0 Å². The van der Waals surface area contributed by atoms with E-state index in [9.17, 15) is 0 Å². The molecule has 0 spiro atoms. The van der Waals surface area contributed by atoms with Crippen molar-refractivity contribution in [3.63, 3.8) is 0 Å². The standard InChI is InChI=1S/C15H32N2O/c1-5-13(6-2)17(10-12(3)4)11-15-8-7-14(9-16)18-15/h12-15H,5-11,16H2,1-4H3. The molecule has 0 aromatic carbocycles. The molecule has 1 rings (SSSR count). The van der Waals surface area contributed by atoms with E-state index in [1.165, 1.54) is 25.8 Å². The third-order valence-corrected chi connectivity index (χ3v) is 3.96. The zero-order valence-corrected chi connectivity index (χ0v) is 12.7. The second-order valence-corrected chi connectivity index (χ2v) is 6.01. The number of rotatable bonds is 8. The molecule has 1 fully saturated rings. The highest BCUT2D eigenvalue weighted by molar-refractivity contribution is 4.80. The highest BCUT2D eigenvalue weighted by Gasteiger charge is 2.27. The topological polar surface area (TPSA) is 38.5 Å². The fourth-order valence-corrected chi connectivity index (χ4v) is 3.00. The molecule has 0 aliphatic carbocycles. The van der Waals surface area contributed by atoms with E-state index >= 15 is 0 Å². The lowest BCUT2D eigenvalue weighted by Crippen LogP contribution is -2.42. The minimum Gasteiger partial charge on any atom is -0.372 e. The number of nitrogens with two attached hydrogens (primary N) is 1. The van der Waals surface area contributed by atoms with Crippen molar-refractivity contribution in [3.8, 4) is 0 Å². The second kappa shape index (κ2) is 8.13. The molecule has 0 amide bonds. The Hall–Kier alpha value is -0.120. The molecule has 1 saturated heterocycles. The van der Waals surface area contributed by atoms with Gasteiger partial charge in [0.25, 0.3) is 0 Å². The Balaban J connectivity index is 2.50. The minimum atomic E-state index is 0.303. The maximum atomic E-state index is 6.00. The van der Waals surface area contributed by atoms with E-state index in [2.05, 4.69) is 32.6 Å². The SMILES string of the molecule is CCC(CC)N(CC(C)C)CC1CCC(CN)O1. The number of hydrogen-bond donors (Lipinski definition) is 1. The van der Waals surface area contributed by atoms with Crippen LogP contribution in [0.4, 0.5) is 0 Å². The molecule has 0 aromatic heterocycles. The van der Waals surface area contributed by atoms with Crippen LogP contribution in [0.3, 0.4) is 0 Å². The van der Waals surface area contributed by atoms with Crippen LogP contribution in [0.1, 0.15) is 53.4 Å². The van der Waals surface area contributed by atoms with Gasteiger partial charge in [0.1, 0.15) is 0 Å². The molecule has 0 saturated carbocycles. The quantitative estimate of drug-likeness (QED) is 0.725. The zero-order chi connectivity index (χ0) is 13.5. The first-order valence-electron chi connectivity index (χ1n) is 7.70. The molecule has 1 heterocycles. The average molecular weight is 256 g/mol. The summed E-state index contributed by atoms with van der Waals surface area (Å²) in [6.07, 6.45) is 5.48. The molecule has 2 atom stereocenters. The molecule has 1 aliphatic rings. The first-order valence-corrected chi connectivity index (χ1v) is 7.70. The maximum Gasteiger partial charge on any atom is 0.0707 e. The summed E-state index contributed by atoms with van der Waals surface area (Å²) in [5.41, 5.74) is 5.68. The molecule has 3 heteroatoms. The van der Waals surface area contributed by atoms with Crippen LogP contribution in [0, 0.1) is 5.92 Å². The van der Waals surface area contributed by atoms with Crippen molar-refractivity contribution < 1.29 is 4.74 Å². The van der Waals surface area contributed by atoms with E-state index in [-0.39, 0.29) is 0 Å². The van der Waals surface area contributed by atoms with Gasteiger partial charge < -0.3 is 10.5 Å². The summed E-state index contributed by atoms with van der Waals surface area (Å²) in [5.74, 6) is 0.720. The van der Waals surface area contributed by atoms with Gasteiger partial charge >= 0.3 is 0 Å². The fraction of sp³-hybridized carbons (Fsp3) is 1.00. The molecule has 2 N–H and O–H groups in total. The average Bonchev–Trinajstić information content (AvgIpc) is 2.77. The van der Waals surface area contributed by atoms with Gasteiger partial charge in [0.2, 0.25) is 0 Å². The van der Waals surface area contributed by atoms with E-state index in [1.807, 2.05) is 0 Å². The van der Waals surface area contributed by atoms with Crippen molar-refractivity contribution in [1.29, 1.82) is 0 Å². The molecule has 0 bridgehead atoms. The Bertz CT molecular complexity index is 217. The van der Waals surface area contributed by atoms with Gasteiger partial charge in [0.15, 0.2) is 0 Å². The molecular formula is C15H32N2O. The third-order valence-electron chi connectivity index (χ3n) is 3.96. The molecule has 0 aromatic rings. The third kappa shape index (κ3) is 4.87. The van der Waals surface area contributed by atoms with Crippen LogP contribution in [0.2, 0.25) is 0 Å². The first kappa shape index (κ1) is 15.9. The fourth-order valence-electron chi connectivity index (χ4n) is 3.00. The zero-order valence-electron chi connectivity index (χ0n) is 12.7. The van der Waals surface area contributed by atoms with Crippen LogP contribution >= 0.6 is 0 Å². The Labute approximate surface area is 113 Å². The Morgan fingerprint density at radius 2 is 1.78 bits per heavy atom. The Morgan fingerprint density at radius 3 is 2.22 bits per heavy atom. The summed E-state index contributed by atoms with van der Waals surface area (Å²) < 4.78 is 6.00. The van der Waals surface area contributed by atoms with Gasteiger partial charge in [-0.25, -0.2) is 0 Å². The monoisotopic (exact) mass is 256 g/mol. The largest absolute Gasteiger partial charge is 0.372 e. The van der Waals surface area contributed by atoms with Crippen LogP contribution in [-0.4, -0.2) is 42.8 Å². The van der Waals surface area contributed by atoms with E-state index in [4.69, 9.17) is 10.5 Å². The predicted octanol–water partition coefficient (Wildman–Crippen LogP) is 2.64. The van der Waals surface area contributed by atoms with E-state index < -0.39 is 0 Å². The smallest absolute Gasteiger partial charge is 0.0707 e. The van der Waals surface area contributed by atoms with Gasteiger partial charge in [0, 0.05) is 25.7 Å². The molecule has 1 aliphatic heterocycles. The first-order chi connectivity index (χ1) is 8.60. The molecule has 108 valence electrons. The van der Waals surface area contributed by atoms with E-state index in [0.29, 0.717) is 24.8 Å². The summed E-state index contributed by atoms with van der Waals surface area (Å²) in [6.45, 7) is 12.1. The number of nitrogens with zero attached hydrogens (tertiary/aromatic N) is 1. The van der Waals surface area contributed by atoms with Gasteiger partial charge in [-0.05, 0) is 31.6 Å². The Kier molecular flexibility index (Phi) is 7.20. The van der Waals surface area contributed by atoms with Crippen molar-refractivity contribution in [2.75, 3.05) is 19.6 Å². The normalized spacial score (nSPS) is 24.7. The van der Waals surface area contributed by atoms with Crippen molar-refractivity contribution in [1.82, 2.24) is 4.90 Å². The van der Waals surface area contributed by atoms with Gasteiger partial charge in [-0.3, -0.25) is 4.90 Å². The van der Waals surface area contributed by atoms with Crippen molar-refractivity contribution in [2.45, 2.75) is 71.6 Å². The van der Waals surface area contributed by atoms with E-state index in [1.54, 1.807) is 0 Å². The van der Waals surface area contributed by atoms with Crippen LogP contribution in [-0.2, 0) is 4.74 Å². The lowest BCUT2D eigenvalue weighted by molar-refractivity contribution is 0.0134. The van der Waals surface area contributed by atoms with Gasteiger partial charge in [0.05, 0.1) is 12.2 Å². The lowest BCUT2D eigenvalue weighted by atomic mass is 10.1. The van der Waals surface area contributed by atoms with Crippen LogP contribution in [0.15, 0.2) is 0 Å². The highest BCUT2D eigenvalue weighted by atomic mass is 16.5. The molecule has 0 radical (unpaired) electrons. The van der Waals surface area contributed by atoms with Gasteiger partial charge in [-0.1, -0.05) is 27.7 Å². The van der Waals surface area contributed by atoms with Crippen molar-refractivity contribution in [3.05, 3.63) is 0 Å².